The molecule has 0 aromatic carbocycles. The lowest BCUT2D eigenvalue weighted by Gasteiger charge is -2.07. The Morgan fingerprint density at radius 2 is 1.94 bits per heavy atom. The number of hydrogen-bond donors (Lipinski definition) is 1. The van der Waals surface area contributed by atoms with Crippen LogP contribution in [0, 0.1) is 0 Å². The van der Waals surface area contributed by atoms with Crippen molar-refractivity contribution in [1.82, 2.24) is 4.98 Å². The molecule has 1 amide bonds. The molecule has 0 saturated carbocycles. The summed E-state index contributed by atoms with van der Waals surface area (Å²) in [7, 11) is 0. The number of carbonyl (C=O) groups is 1. The SMILES string of the molecule is O=C(Nc1c(Cl)cncc1Cl)c1ccc(Br)s1. The predicted molar refractivity (Wildman–Crippen MR) is 74.2 cm³/mol. The molecular weight excluding hydrogens is 347 g/mol. The summed E-state index contributed by atoms with van der Waals surface area (Å²) in [6.45, 7) is 0. The number of aromatic nitrogens is 1. The first-order valence-corrected chi connectivity index (χ1v) is 6.80. The molecule has 0 aliphatic rings. The summed E-state index contributed by atoms with van der Waals surface area (Å²) in [6.07, 6.45) is 2.85. The minimum absolute atomic E-state index is 0.254. The summed E-state index contributed by atoms with van der Waals surface area (Å²) >= 11 is 16.4. The lowest BCUT2D eigenvalue weighted by Crippen LogP contribution is -2.11. The van der Waals surface area contributed by atoms with Crippen LogP contribution in [0.25, 0.3) is 0 Å². The normalized spacial score (nSPS) is 10.3. The molecule has 0 spiro atoms. The number of amides is 1. The van der Waals surface area contributed by atoms with E-state index in [-0.39, 0.29) is 5.91 Å². The number of pyridine rings is 1. The van der Waals surface area contributed by atoms with Crippen LogP contribution in [0.5, 0.6) is 0 Å². The van der Waals surface area contributed by atoms with E-state index in [1.807, 2.05) is 0 Å². The molecule has 7 heteroatoms. The number of nitrogens with zero attached hydrogens (tertiary/aromatic N) is 1. The molecule has 88 valence electrons. The van der Waals surface area contributed by atoms with Gasteiger partial charge in [-0.15, -0.1) is 11.3 Å². The minimum Gasteiger partial charge on any atom is -0.319 e. The zero-order valence-corrected chi connectivity index (χ0v) is 12.1. The molecule has 2 heterocycles. The van der Waals surface area contributed by atoms with Crippen molar-refractivity contribution in [1.29, 1.82) is 0 Å². The highest BCUT2D eigenvalue weighted by Gasteiger charge is 2.13. The lowest BCUT2D eigenvalue weighted by molar-refractivity contribution is 0.103. The van der Waals surface area contributed by atoms with Gasteiger partial charge in [-0.1, -0.05) is 23.2 Å². The number of nitrogens with one attached hydrogen (secondary N) is 1. The second-order valence-corrected chi connectivity index (χ2v) is 6.31. The first-order valence-electron chi connectivity index (χ1n) is 4.43. The Morgan fingerprint density at radius 3 is 2.47 bits per heavy atom. The Hall–Kier alpha value is -0.620. The molecule has 17 heavy (non-hydrogen) atoms. The number of halogens is 3. The van der Waals surface area contributed by atoms with Gasteiger partial charge in [0, 0.05) is 12.4 Å². The molecule has 0 radical (unpaired) electrons. The third-order valence-electron chi connectivity index (χ3n) is 1.89. The van der Waals surface area contributed by atoms with Crippen molar-refractivity contribution >= 4 is 62.1 Å². The maximum Gasteiger partial charge on any atom is 0.265 e. The quantitative estimate of drug-likeness (QED) is 0.867. The third-order valence-corrected chi connectivity index (χ3v) is 4.08. The van der Waals surface area contributed by atoms with Gasteiger partial charge in [0.1, 0.15) is 0 Å². The van der Waals surface area contributed by atoms with E-state index in [4.69, 9.17) is 23.2 Å². The van der Waals surface area contributed by atoms with E-state index in [0.717, 1.165) is 3.79 Å². The van der Waals surface area contributed by atoms with E-state index in [0.29, 0.717) is 20.6 Å². The van der Waals surface area contributed by atoms with Crippen LogP contribution in [-0.4, -0.2) is 10.9 Å². The fourth-order valence-corrected chi connectivity index (χ4v) is 2.88. The lowest BCUT2D eigenvalue weighted by atomic mass is 10.3. The molecular formula is C10H5BrCl2N2OS. The second-order valence-electron chi connectivity index (χ2n) is 3.04. The molecule has 0 atom stereocenters. The number of thiophene rings is 1. The topological polar surface area (TPSA) is 42.0 Å². The molecule has 2 rings (SSSR count). The van der Waals surface area contributed by atoms with E-state index in [1.54, 1.807) is 12.1 Å². The fourth-order valence-electron chi connectivity index (χ4n) is 1.14. The average Bonchev–Trinajstić information content (AvgIpc) is 2.70. The highest BCUT2D eigenvalue weighted by atomic mass is 79.9. The average molecular weight is 352 g/mol. The Labute approximate surface area is 120 Å². The number of rotatable bonds is 2. The largest absolute Gasteiger partial charge is 0.319 e. The number of hydrogen-bond acceptors (Lipinski definition) is 3. The van der Waals surface area contributed by atoms with Crippen molar-refractivity contribution in [3.63, 3.8) is 0 Å². The molecule has 1 N–H and O–H groups in total. The van der Waals surface area contributed by atoms with Gasteiger partial charge >= 0.3 is 0 Å². The molecule has 0 bridgehead atoms. The van der Waals surface area contributed by atoms with Crippen molar-refractivity contribution in [3.8, 4) is 0 Å². The van der Waals surface area contributed by atoms with E-state index >= 15 is 0 Å². The van der Waals surface area contributed by atoms with Gasteiger partial charge in [0.25, 0.3) is 5.91 Å². The van der Waals surface area contributed by atoms with Crippen molar-refractivity contribution in [2.75, 3.05) is 5.32 Å². The van der Waals surface area contributed by atoms with Crippen LogP contribution in [0.3, 0.4) is 0 Å². The van der Waals surface area contributed by atoms with Crippen molar-refractivity contribution < 1.29 is 4.79 Å². The van der Waals surface area contributed by atoms with Crippen molar-refractivity contribution in [3.05, 3.63) is 43.2 Å². The summed E-state index contributed by atoms with van der Waals surface area (Å²) in [5, 5.41) is 3.27. The zero-order valence-electron chi connectivity index (χ0n) is 8.21. The maximum absolute atomic E-state index is 11.9. The number of carbonyl (C=O) groups excluding carboxylic acids is 1. The zero-order chi connectivity index (χ0) is 12.4. The summed E-state index contributed by atoms with van der Waals surface area (Å²) in [4.78, 5) is 16.3. The first kappa shape index (κ1) is 12.8. The number of anilines is 1. The Balaban J connectivity index is 2.24. The highest BCUT2D eigenvalue weighted by molar-refractivity contribution is 9.11. The van der Waals surface area contributed by atoms with Crippen LogP contribution in [0.2, 0.25) is 10.0 Å². The van der Waals surface area contributed by atoms with Crippen molar-refractivity contribution in [2.45, 2.75) is 0 Å². The van der Waals surface area contributed by atoms with Crippen LogP contribution >= 0.6 is 50.5 Å². The molecule has 0 unspecified atom stereocenters. The van der Waals surface area contributed by atoms with Crippen LogP contribution in [0.15, 0.2) is 28.3 Å². The standard InChI is InChI=1S/C10H5BrCl2N2OS/c11-8-2-1-7(17-8)10(16)15-9-5(12)3-14-4-6(9)13/h1-4H,(H,14,15,16). The summed E-state index contributed by atoms with van der Waals surface area (Å²) in [6, 6.07) is 3.52. The monoisotopic (exact) mass is 350 g/mol. The van der Waals surface area contributed by atoms with Gasteiger partial charge in [-0.05, 0) is 28.1 Å². The molecule has 2 aromatic rings. The molecule has 0 aliphatic carbocycles. The second kappa shape index (κ2) is 5.35. The predicted octanol–water partition coefficient (Wildman–Crippen LogP) is 4.46. The molecule has 0 fully saturated rings. The van der Waals surface area contributed by atoms with Gasteiger partial charge in [-0.3, -0.25) is 9.78 Å². The van der Waals surface area contributed by atoms with Crippen LogP contribution < -0.4 is 5.32 Å². The molecule has 0 aliphatic heterocycles. The molecule has 2 aromatic heterocycles. The smallest absolute Gasteiger partial charge is 0.265 e. The van der Waals surface area contributed by atoms with Gasteiger partial charge < -0.3 is 5.32 Å². The Kier molecular flexibility index (Phi) is 4.04. The van der Waals surface area contributed by atoms with Gasteiger partial charge in [0.05, 0.1) is 24.4 Å². The van der Waals surface area contributed by atoms with Crippen LogP contribution in [0.4, 0.5) is 5.69 Å². The van der Waals surface area contributed by atoms with E-state index < -0.39 is 0 Å². The van der Waals surface area contributed by atoms with Crippen LogP contribution in [-0.2, 0) is 0 Å². The van der Waals surface area contributed by atoms with Gasteiger partial charge in [-0.25, -0.2) is 0 Å². The Bertz CT molecular complexity index is 553. The minimum atomic E-state index is -0.254. The highest BCUT2D eigenvalue weighted by Crippen LogP contribution is 2.30. The molecule has 0 saturated heterocycles. The summed E-state index contributed by atoms with van der Waals surface area (Å²) in [5.41, 5.74) is 0.373. The van der Waals surface area contributed by atoms with Gasteiger partial charge in [0.2, 0.25) is 0 Å². The van der Waals surface area contributed by atoms with E-state index in [2.05, 4.69) is 26.2 Å². The van der Waals surface area contributed by atoms with Gasteiger partial charge in [0.15, 0.2) is 0 Å². The summed E-state index contributed by atoms with van der Waals surface area (Å²) in [5.74, 6) is -0.254. The molecule has 3 nitrogen and oxygen atoms in total. The fraction of sp³-hybridized carbons (Fsp3) is 0. The van der Waals surface area contributed by atoms with Crippen molar-refractivity contribution in [2.24, 2.45) is 0 Å². The first-order chi connectivity index (χ1) is 8.08. The summed E-state index contributed by atoms with van der Waals surface area (Å²) < 4.78 is 0.884. The maximum atomic E-state index is 11.9. The van der Waals surface area contributed by atoms with E-state index in [1.165, 1.54) is 23.7 Å². The van der Waals surface area contributed by atoms with Crippen LogP contribution in [0.1, 0.15) is 9.67 Å². The Morgan fingerprint density at radius 1 is 1.29 bits per heavy atom. The van der Waals surface area contributed by atoms with E-state index in [9.17, 15) is 4.79 Å². The van der Waals surface area contributed by atoms with Gasteiger partial charge in [-0.2, -0.15) is 0 Å². The third kappa shape index (κ3) is 2.98.